The van der Waals surface area contributed by atoms with E-state index in [4.69, 9.17) is 5.73 Å². The van der Waals surface area contributed by atoms with Crippen LogP contribution in [-0.2, 0) is 4.79 Å². The number of likely N-dealkylation sites (tertiary alicyclic amines) is 1. The van der Waals surface area contributed by atoms with Gasteiger partial charge >= 0.3 is 0 Å². The normalized spacial score (nSPS) is 32.3. The number of carbonyl (C=O) groups is 1. The Hall–Kier alpha value is -0.710. The lowest BCUT2D eigenvalue weighted by Gasteiger charge is -2.36. The van der Waals surface area contributed by atoms with E-state index in [1.807, 2.05) is 0 Å². The predicted octanol–water partition coefficient (Wildman–Crippen LogP) is 2.01. The van der Waals surface area contributed by atoms with E-state index in [0.717, 1.165) is 12.8 Å². The standard InChI is InChI=1S/C13H22F2N2O/c14-13(15)5-1-4-11(7-13)12(18)17-6-2-3-10(8-16)9-17/h10-11H,1-9,16H2. The number of nitrogens with zero attached hydrogens (tertiary/aromatic N) is 1. The molecule has 0 spiro atoms. The molecule has 0 bridgehead atoms. The Bertz CT molecular complexity index is 309. The highest BCUT2D eigenvalue weighted by Crippen LogP contribution is 2.37. The van der Waals surface area contributed by atoms with Gasteiger partial charge in [0, 0.05) is 31.8 Å². The van der Waals surface area contributed by atoms with Gasteiger partial charge in [0.1, 0.15) is 0 Å². The quantitative estimate of drug-likeness (QED) is 0.825. The van der Waals surface area contributed by atoms with E-state index in [2.05, 4.69) is 0 Å². The summed E-state index contributed by atoms with van der Waals surface area (Å²) in [6, 6.07) is 0. The lowest BCUT2D eigenvalue weighted by atomic mass is 9.85. The van der Waals surface area contributed by atoms with E-state index in [1.165, 1.54) is 0 Å². The van der Waals surface area contributed by atoms with Crippen LogP contribution in [0.25, 0.3) is 0 Å². The highest BCUT2D eigenvalue weighted by atomic mass is 19.3. The van der Waals surface area contributed by atoms with Crippen LogP contribution in [0.1, 0.15) is 38.5 Å². The molecule has 1 aliphatic heterocycles. The fraction of sp³-hybridized carbons (Fsp3) is 0.923. The number of carbonyl (C=O) groups excluding carboxylic acids is 1. The van der Waals surface area contributed by atoms with Crippen LogP contribution >= 0.6 is 0 Å². The highest BCUT2D eigenvalue weighted by molar-refractivity contribution is 5.79. The van der Waals surface area contributed by atoms with Crippen LogP contribution in [0.15, 0.2) is 0 Å². The van der Waals surface area contributed by atoms with E-state index < -0.39 is 11.8 Å². The molecule has 1 amide bonds. The van der Waals surface area contributed by atoms with Gasteiger partial charge in [0.25, 0.3) is 0 Å². The van der Waals surface area contributed by atoms with Gasteiger partial charge < -0.3 is 10.6 Å². The molecule has 1 heterocycles. The van der Waals surface area contributed by atoms with E-state index in [9.17, 15) is 13.6 Å². The van der Waals surface area contributed by atoms with Crippen LogP contribution in [-0.4, -0.2) is 36.4 Å². The van der Waals surface area contributed by atoms with Crippen molar-refractivity contribution in [1.29, 1.82) is 0 Å². The van der Waals surface area contributed by atoms with Crippen molar-refractivity contribution in [2.75, 3.05) is 19.6 Å². The number of piperidine rings is 1. The van der Waals surface area contributed by atoms with Crippen molar-refractivity contribution in [3.05, 3.63) is 0 Å². The third-order valence-corrected chi connectivity index (χ3v) is 4.15. The molecule has 2 aliphatic rings. The van der Waals surface area contributed by atoms with Gasteiger partial charge in [-0.05, 0) is 38.1 Å². The molecular formula is C13H22F2N2O. The first-order valence-electron chi connectivity index (χ1n) is 6.88. The number of halogens is 2. The van der Waals surface area contributed by atoms with Crippen molar-refractivity contribution < 1.29 is 13.6 Å². The fourth-order valence-electron chi connectivity index (χ4n) is 3.10. The summed E-state index contributed by atoms with van der Waals surface area (Å²) >= 11 is 0. The number of hydrogen-bond acceptors (Lipinski definition) is 2. The Morgan fingerprint density at radius 1 is 1.33 bits per heavy atom. The zero-order valence-corrected chi connectivity index (χ0v) is 10.7. The Labute approximate surface area is 107 Å². The number of amides is 1. The zero-order valence-electron chi connectivity index (χ0n) is 10.7. The van der Waals surface area contributed by atoms with Gasteiger partial charge in [-0.3, -0.25) is 4.79 Å². The lowest BCUT2D eigenvalue weighted by molar-refractivity contribution is -0.144. The molecule has 0 aromatic carbocycles. The summed E-state index contributed by atoms with van der Waals surface area (Å²) in [6.45, 7) is 1.93. The SMILES string of the molecule is NCC1CCCN(C(=O)C2CCCC(F)(F)C2)C1. The second kappa shape index (κ2) is 5.51. The van der Waals surface area contributed by atoms with Crippen LogP contribution in [0.4, 0.5) is 8.78 Å². The van der Waals surface area contributed by atoms with Gasteiger partial charge in [-0.15, -0.1) is 0 Å². The van der Waals surface area contributed by atoms with Gasteiger partial charge in [0.15, 0.2) is 0 Å². The molecule has 104 valence electrons. The maximum Gasteiger partial charge on any atom is 0.248 e. The summed E-state index contributed by atoms with van der Waals surface area (Å²) in [6.07, 6.45) is 2.71. The van der Waals surface area contributed by atoms with Crippen molar-refractivity contribution in [1.82, 2.24) is 4.90 Å². The van der Waals surface area contributed by atoms with E-state index in [0.29, 0.717) is 38.4 Å². The van der Waals surface area contributed by atoms with E-state index in [1.54, 1.807) is 4.90 Å². The van der Waals surface area contributed by atoms with E-state index in [-0.39, 0.29) is 18.7 Å². The minimum absolute atomic E-state index is 0.0673. The van der Waals surface area contributed by atoms with Crippen LogP contribution in [0, 0.1) is 11.8 Å². The van der Waals surface area contributed by atoms with Crippen molar-refractivity contribution in [2.24, 2.45) is 17.6 Å². The molecule has 5 heteroatoms. The fourth-order valence-corrected chi connectivity index (χ4v) is 3.10. The Morgan fingerprint density at radius 3 is 2.78 bits per heavy atom. The second-order valence-electron chi connectivity index (χ2n) is 5.68. The summed E-state index contributed by atoms with van der Waals surface area (Å²) in [5.74, 6) is -2.87. The van der Waals surface area contributed by atoms with Crippen molar-refractivity contribution in [3.63, 3.8) is 0 Å². The van der Waals surface area contributed by atoms with Crippen LogP contribution in [0.2, 0.25) is 0 Å². The maximum absolute atomic E-state index is 13.3. The van der Waals surface area contributed by atoms with Gasteiger partial charge in [0.2, 0.25) is 11.8 Å². The number of nitrogens with two attached hydrogens (primary N) is 1. The lowest BCUT2D eigenvalue weighted by Crippen LogP contribution is -2.46. The minimum atomic E-state index is -2.65. The molecule has 0 radical (unpaired) electrons. The summed E-state index contributed by atoms with van der Waals surface area (Å²) in [5.41, 5.74) is 5.63. The summed E-state index contributed by atoms with van der Waals surface area (Å²) in [7, 11) is 0. The minimum Gasteiger partial charge on any atom is -0.342 e. The first-order chi connectivity index (χ1) is 8.52. The summed E-state index contributed by atoms with van der Waals surface area (Å²) in [5, 5.41) is 0. The molecule has 2 fully saturated rings. The molecule has 2 atom stereocenters. The van der Waals surface area contributed by atoms with Crippen LogP contribution in [0.3, 0.4) is 0 Å². The second-order valence-corrected chi connectivity index (χ2v) is 5.68. The van der Waals surface area contributed by atoms with Gasteiger partial charge in [0.05, 0.1) is 0 Å². The zero-order chi connectivity index (χ0) is 13.2. The molecule has 1 saturated carbocycles. The Morgan fingerprint density at radius 2 is 2.11 bits per heavy atom. The van der Waals surface area contributed by atoms with Gasteiger partial charge in [-0.1, -0.05) is 0 Å². The van der Waals surface area contributed by atoms with E-state index >= 15 is 0 Å². The number of hydrogen-bond donors (Lipinski definition) is 1. The molecule has 3 nitrogen and oxygen atoms in total. The first-order valence-corrected chi connectivity index (χ1v) is 6.88. The molecule has 0 aromatic heterocycles. The van der Waals surface area contributed by atoms with Crippen molar-refractivity contribution in [3.8, 4) is 0 Å². The molecule has 2 unspecified atom stereocenters. The largest absolute Gasteiger partial charge is 0.342 e. The third kappa shape index (κ3) is 3.19. The number of rotatable bonds is 2. The van der Waals surface area contributed by atoms with Gasteiger partial charge in [-0.25, -0.2) is 8.78 Å². The molecule has 0 aromatic rings. The van der Waals surface area contributed by atoms with Crippen LogP contribution < -0.4 is 5.73 Å². The average Bonchev–Trinajstić information content (AvgIpc) is 2.37. The number of alkyl halides is 2. The summed E-state index contributed by atoms with van der Waals surface area (Å²) < 4.78 is 26.7. The van der Waals surface area contributed by atoms with Crippen LogP contribution in [0.5, 0.6) is 0 Å². The molecule has 2 rings (SSSR count). The monoisotopic (exact) mass is 260 g/mol. The van der Waals surface area contributed by atoms with Gasteiger partial charge in [-0.2, -0.15) is 0 Å². The molecular weight excluding hydrogens is 238 g/mol. The van der Waals surface area contributed by atoms with Crippen molar-refractivity contribution >= 4 is 5.91 Å². The molecule has 1 saturated heterocycles. The Kier molecular flexibility index (Phi) is 4.20. The molecule has 18 heavy (non-hydrogen) atoms. The smallest absolute Gasteiger partial charge is 0.248 e. The maximum atomic E-state index is 13.3. The molecule has 2 N–H and O–H groups in total. The predicted molar refractivity (Wildman–Crippen MR) is 65.3 cm³/mol. The molecule has 1 aliphatic carbocycles. The topological polar surface area (TPSA) is 46.3 Å². The average molecular weight is 260 g/mol. The summed E-state index contributed by atoms with van der Waals surface area (Å²) in [4.78, 5) is 14.0. The van der Waals surface area contributed by atoms with Crippen molar-refractivity contribution in [2.45, 2.75) is 44.4 Å². The first kappa shape index (κ1) is 13.7. The third-order valence-electron chi connectivity index (χ3n) is 4.15. The Balaban J connectivity index is 1.94. The highest BCUT2D eigenvalue weighted by Gasteiger charge is 2.40.